The third kappa shape index (κ3) is 5.15. The fourth-order valence-corrected chi connectivity index (χ4v) is 3.09. The van der Waals surface area contributed by atoms with Gasteiger partial charge in [-0.05, 0) is 48.0 Å². The second kappa shape index (κ2) is 9.89. The van der Waals surface area contributed by atoms with Gasteiger partial charge in [-0.3, -0.25) is 4.79 Å². The fraction of sp³-hybridized carbons (Fsp3) is 0.174. The van der Waals surface area contributed by atoms with Crippen molar-refractivity contribution < 1.29 is 23.7 Å². The molecule has 0 spiro atoms. The van der Waals surface area contributed by atoms with E-state index in [4.69, 9.17) is 30.5 Å². The van der Waals surface area contributed by atoms with Crippen molar-refractivity contribution in [2.45, 2.75) is 6.42 Å². The molecule has 3 aromatic rings. The number of carbonyl (C=O) groups excluding carboxylic acids is 1. The summed E-state index contributed by atoms with van der Waals surface area (Å²) in [5.74, 6) is 2.33. The maximum absolute atomic E-state index is 12.7. The van der Waals surface area contributed by atoms with Crippen molar-refractivity contribution >= 4 is 23.2 Å². The van der Waals surface area contributed by atoms with E-state index in [1.165, 1.54) is 21.3 Å². The van der Waals surface area contributed by atoms with Gasteiger partial charge < -0.3 is 24.3 Å². The molecule has 0 fully saturated rings. The predicted molar refractivity (Wildman–Crippen MR) is 116 cm³/mol. The fourth-order valence-electron chi connectivity index (χ4n) is 2.92. The van der Waals surface area contributed by atoms with Gasteiger partial charge in [-0.15, -0.1) is 0 Å². The van der Waals surface area contributed by atoms with Crippen molar-refractivity contribution in [1.29, 1.82) is 0 Å². The summed E-state index contributed by atoms with van der Waals surface area (Å²) in [5, 5.41) is 3.35. The summed E-state index contributed by atoms with van der Waals surface area (Å²) in [5.41, 5.74) is 1.18. The molecule has 0 aliphatic rings. The first-order chi connectivity index (χ1) is 14.5. The molecule has 0 heterocycles. The number of ether oxygens (including phenoxy) is 4. The monoisotopic (exact) mass is 427 g/mol. The average molecular weight is 428 g/mol. The largest absolute Gasteiger partial charge is 0.493 e. The SMILES string of the molecule is COc1cc(CC(=O)Nc2cc(Cl)ccc2Oc2ccccc2)cc(OC)c1OC. The predicted octanol–water partition coefficient (Wildman–Crippen LogP) is 5.34. The number of para-hydroxylation sites is 1. The Bertz CT molecular complexity index is 998. The van der Waals surface area contributed by atoms with E-state index >= 15 is 0 Å². The number of anilines is 1. The number of hydrogen-bond acceptors (Lipinski definition) is 5. The number of benzene rings is 3. The highest BCUT2D eigenvalue weighted by Gasteiger charge is 2.16. The third-order valence-electron chi connectivity index (χ3n) is 4.28. The zero-order valence-corrected chi connectivity index (χ0v) is 17.7. The van der Waals surface area contributed by atoms with E-state index in [0.29, 0.717) is 45.0 Å². The topological polar surface area (TPSA) is 66.0 Å². The van der Waals surface area contributed by atoms with Crippen LogP contribution >= 0.6 is 11.6 Å². The van der Waals surface area contributed by atoms with Crippen LogP contribution in [0.5, 0.6) is 28.7 Å². The van der Waals surface area contributed by atoms with Crippen molar-refractivity contribution in [3.8, 4) is 28.7 Å². The molecule has 1 N–H and O–H groups in total. The molecular formula is C23H22ClNO5. The number of amides is 1. The molecule has 3 rings (SSSR count). The third-order valence-corrected chi connectivity index (χ3v) is 4.51. The van der Waals surface area contributed by atoms with E-state index in [9.17, 15) is 4.79 Å². The summed E-state index contributed by atoms with van der Waals surface area (Å²) in [7, 11) is 4.58. The number of halogens is 1. The summed E-state index contributed by atoms with van der Waals surface area (Å²) in [4.78, 5) is 12.7. The lowest BCUT2D eigenvalue weighted by Crippen LogP contribution is -2.15. The van der Waals surface area contributed by atoms with Gasteiger partial charge in [0.05, 0.1) is 33.4 Å². The summed E-state index contributed by atoms with van der Waals surface area (Å²) in [6, 6.07) is 17.8. The Morgan fingerprint density at radius 3 is 2.13 bits per heavy atom. The molecule has 0 unspecified atom stereocenters. The Kier molecular flexibility index (Phi) is 7.03. The summed E-state index contributed by atoms with van der Waals surface area (Å²) >= 11 is 6.12. The van der Waals surface area contributed by atoms with Gasteiger partial charge in [0, 0.05) is 5.02 Å². The second-order valence-corrected chi connectivity index (χ2v) is 6.75. The lowest BCUT2D eigenvalue weighted by Gasteiger charge is -2.15. The average Bonchev–Trinajstić information content (AvgIpc) is 2.75. The Hall–Kier alpha value is -3.38. The van der Waals surface area contributed by atoms with Crippen molar-refractivity contribution in [2.24, 2.45) is 0 Å². The number of carbonyl (C=O) groups is 1. The molecule has 0 saturated carbocycles. The van der Waals surface area contributed by atoms with E-state index in [1.807, 2.05) is 30.3 Å². The van der Waals surface area contributed by atoms with Crippen molar-refractivity contribution in [2.75, 3.05) is 26.6 Å². The normalized spacial score (nSPS) is 10.3. The van der Waals surface area contributed by atoms with Crippen LogP contribution in [0.4, 0.5) is 5.69 Å². The highest BCUT2D eigenvalue weighted by molar-refractivity contribution is 6.31. The van der Waals surface area contributed by atoms with E-state index < -0.39 is 0 Å². The lowest BCUT2D eigenvalue weighted by molar-refractivity contribution is -0.115. The van der Waals surface area contributed by atoms with Crippen LogP contribution in [0, 0.1) is 0 Å². The molecule has 0 radical (unpaired) electrons. The highest BCUT2D eigenvalue weighted by Crippen LogP contribution is 2.38. The minimum absolute atomic E-state index is 0.0913. The molecule has 6 nitrogen and oxygen atoms in total. The van der Waals surface area contributed by atoms with Gasteiger partial charge >= 0.3 is 0 Å². The van der Waals surface area contributed by atoms with Gasteiger partial charge in [0.2, 0.25) is 11.7 Å². The van der Waals surface area contributed by atoms with Gasteiger partial charge in [-0.1, -0.05) is 29.8 Å². The Labute approximate surface area is 180 Å². The molecule has 156 valence electrons. The molecule has 0 aliphatic heterocycles. The standard InChI is InChI=1S/C23H22ClNO5/c1-27-20-11-15(12-21(28-2)23(20)29-3)13-22(26)25-18-14-16(24)9-10-19(18)30-17-7-5-4-6-8-17/h4-12,14H,13H2,1-3H3,(H,25,26). The highest BCUT2D eigenvalue weighted by atomic mass is 35.5. The number of nitrogens with one attached hydrogen (secondary N) is 1. The molecule has 1 amide bonds. The Balaban J connectivity index is 1.80. The molecule has 0 aromatic heterocycles. The maximum atomic E-state index is 12.7. The van der Waals surface area contributed by atoms with Crippen LogP contribution in [-0.4, -0.2) is 27.2 Å². The summed E-state index contributed by atoms with van der Waals surface area (Å²) in [6.45, 7) is 0. The molecule has 0 aliphatic carbocycles. The van der Waals surface area contributed by atoms with Gasteiger partial charge in [0.15, 0.2) is 17.2 Å². The molecule has 0 bridgehead atoms. The van der Waals surface area contributed by atoms with Crippen LogP contribution < -0.4 is 24.3 Å². The lowest BCUT2D eigenvalue weighted by atomic mass is 10.1. The molecular weight excluding hydrogens is 406 g/mol. The van der Waals surface area contributed by atoms with Crippen LogP contribution in [-0.2, 0) is 11.2 Å². The minimum atomic E-state index is -0.246. The zero-order valence-electron chi connectivity index (χ0n) is 16.9. The van der Waals surface area contributed by atoms with E-state index in [0.717, 1.165) is 0 Å². The van der Waals surface area contributed by atoms with Crippen molar-refractivity contribution in [1.82, 2.24) is 0 Å². The summed E-state index contributed by atoms with van der Waals surface area (Å²) < 4.78 is 21.9. The quantitative estimate of drug-likeness (QED) is 0.525. The van der Waals surface area contributed by atoms with Crippen LogP contribution in [0.25, 0.3) is 0 Å². The molecule has 7 heteroatoms. The molecule has 0 atom stereocenters. The van der Waals surface area contributed by atoms with Gasteiger partial charge in [-0.2, -0.15) is 0 Å². The smallest absolute Gasteiger partial charge is 0.228 e. The van der Waals surface area contributed by atoms with Gasteiger partial charge in [0.1, 0.15) is 5.75 Å². The Morgan fingerprint density at radius 1 is 0.867 bits per heavy atom. The van der Waals surface area contributed by atoms with Crippen LogP contribution in [0.2, 0.25) is 5.02 Å². The first kappa shape index (κ1) is 21.3. The van der Waals surface area contributed by atoms with Crippen LogP contribution in [0.1, 0.15) is 5.56 Å². The van der Waals surface area contributed by atoms with Crippen molar-refractivity contribution in [3.63, 3.8) is 0 Å². The summed E-state index contributed by atoms with van der Waals surface area (Å²) in [6.07, 6.45) is 0.0913. The number of hydrogen-bond donors (Lipinski definition) is 1. The second-order valence-electron chi connectivity index (χ2n) is 6.31. The maximum Gasteiger partial charge on any atom is 0.228 e. The first-order valence-electron chi connectivity index (χ1n) is 9.15. The Morgan fingerprint density at radius 2 is 1.53 bits per heavy atom. The van der Waals surface area contributed by atoms with E-state index in [2.05, 4.69) is 5.32 Å². The van der Waals surface area contributed by atoms with Crippen LogP contribution in [0.15, 0.2) is 60.7 Å². The van der Waals surface area contributed by atoms with Crippen molar-refractivity contribution in [3.05, 3.63) is 71.2 Å². The number of rotatable bonds is 8. The van der Waals surface area contributed by atoms with E-state index in [1.54, 1.807) is 30.3 Å². The minimum Gasteiger partial charge on any atom is -0.493 e. The van der Waals surface area contributed by atoms with Gasteiger partial charge in [0.25, 0.3) is 0 Å². The van der Waals surface area contributed by atoms with Gasteiger partial charge in [-0.25, -0.2) is 0 Å². The van der Waals surface area contributed by atoms with E-state index in [-0.39, 0.29) is 12.3 Å². The molecule has 3 aromatic carbocycles. The van der Waals surface area contributed by atoms with Crippen LogP contribution in [0.3, 0.4) is 0 Å². The number of methoxy groups -OCH3 is 3. The first-order valence-corrected chi connectivity index (χ1v) is 9.53. The molecule has 0 saturated heterocycles. The zero-order chi connectivity index (χ0) is 21.5. The molecule has 30 heavy (non-hydrogen) atoms.